The van der Waals surface area contributed by atoms with Gasteiger partial charge < -0.3 is 10.2 Å². The van der Waals surface area contributed by atoms with E-state index in [1.54, 1.807) is 13.8 Å². The lowest BCUT2D eigenvalue weighted by molar-refractivity contribution is 0.0693. The normalized spacial score (nSPS) is 11.4. The number of carboxylic acid groups (broad SMARTS) is 1. The standard InChI is InChI=1S/C16H13F2N3O3/c1-7(2)13-9(16(23)24)6-19-14-12(15(22)20-21(13)14)8-3-4-10(17)11(18)5-8/h3-7H,1-2H3,(H,20,22)(H,23,24). The van der Waals surface area contributed by atoms with Crippen molar-refractivity contribution in [2.75, 3.05) is 0 Å². The van der Waals surface area contributed by atoms with Crippen molar-refractivity contribution in [3.63, 3.8) is 0 Å². The highest BCUT2D eigenvalue weighted by atomic mass is 19.2. The summed E-state index contributed by atoms with van der Waals surface area (Å²) in [5.41, 5.74) is 0.750. The largest absolute Gasteiger partial charge is 0.492 e. The minimum Gasteiger partial charge on any atom is -0.492 e. The van der Waals surface area contributed by atoms with E-state index in [0.29, 0.717) is 5.69 Å². The minimum atomic E-state index is -1.17. The molecular weight excluding hydrogens is 320 g/mol. The van der Waals surface area contributed by atoms with Crippen LogP contribution in [0.1, 0.15) is 35.8 Å². The maximum Gasteiger partial charge on any atom is 0.339 e. The first kappa shape index (κ1) is 15.9. The number of rotatable bonds is 3. The molecule has 3 rings (SSSR count). The molecule has 8 heteroatoms. The van der Waals surface area contributed by atoms with Crippen molar-refractivity contribution < 1.29 is 23.8 Å². The van der Waals surface area contributed by atoms with Gasteiger partial charge in [-0.2, -0.15) is 0 Å². The first-order valence-corrected chi connectivity index (χ1v) is 7.10. The molecule has 0 bridgehead atoms. The van der Waals surface area contributed by atoms with Gasteiger partial charge in [-0.25, -0.2) is 23.1 Å². The Balaban J connectivity index is 2.35. The van der Waals surface area contributed by atoms with Gasteiger partial charge in [0.15, 0.2) is 17.3 Å². The first-order chi connectivity index (χ1) is 11.3. The van der Waals surface area contributed by atoms with E-state index in [9.17, 15) is 23.8 Å². The molecule has 124 valence electrons. The second kappa shape index (κ2) is 5.55. The second-order valence-corrected chi connectivity index (χ2v) is 5.58. The molecule has 2 aromatic heterocycles. The summed E-state index contributed by atoms with van der Waals surface area (Å²) in [6, 6.07) is 3.15. The molecule has 0 fully saturated rings. The Morgan fingerprint density at radius 1 is 1.25 bits per heavy atom. The lowest BCUT2D eigenvalue weighted by Crippen LogP contribution is -2.11. The molecule has 0 amide bonds. The van der Waals surface area contributed by atoms with Gasteiger partial charge in [0.05, 0.1) is 16.8 Å². The lowest BCUT2D eigenvalue weighted by Gasteiger charge is -2.11. The van der Waals surface area contributed by atoms with E-state index in [-0.39, 0.29) is 28.3 Å². The number of hydrogen-bond donors (Lipinski definition) is 2. The monoisotopic (exact) mass is 333 g/mol. The quantitative estimate of drug-likeness (QED) is 0.768. The maximum atomic E-state index is 13.5. The fourth-order valence-electron chi connectivity index (χ4n) is 2.62. The molecule has 0 aliphatic heterocycles. The number of carboxylic acids is 1. The number of benzene rings is 1. The molecule has 0 atom stereocenters. The molecule has 0 unspecified atom stereocenters. The predicted molar refractivity (Wildman–Crippen MR) is 81.1 cm³/mol. The van der Waals surface area contributed by atoms with E-state index in [2.05, 4.69) is 10.1 Å². The highest BCUT2D eigenvalue weighted by Crippen LogP contribution is 2.34. The Morgan fingerprint density at radius 2 is 1.96 bits per heavy atom. The number of aromatic hydroxyl groups is 1. The molecule has 0 aliphatic carbocycles. The number of aromatic nitrogens is 3. The summed E-state index contributed by atoms with van der Waals surface area (Å²) in [6.07, 6.45) is 1.16. The van der Waals surface area contributed by atoms with Crippen LogP contribution in [0.2, 0.25) is 0 Å². The summed E-state index contributed by atoms with van der Waals surface area (Å²) in [6.45, 7) is 3.55. The molecule has 6 nitrogen and oxygen atoms in total. The van der Waals surface area contributed by atoms with E-state index in [1.165, 1.54) is 10.6 Å². The van der Waals surface area contributed by atoms with Gasteiger partial charge in [-0.1, -0.05) is 19.9 Å². The van der Waals surface area contributed by atoms with Crippen LogP contribution in [0.3, 0.4) is 0 Å². The van der Waals surface area contributed by atoms with Crippen molar-refractivity contribution in [2.24, 2.45) is 0 Å². The van der Waals surface area contributed by atoms with Crippen molar-refractivity contribution in [3.8, 4) is 17.0 Å². The van der Waals surface area contributed by atoms with Crippen LogP contribution in [0, 0.1) is 11.6 Å². The fraction of sp³-hybridized carbons (Fsp3) is 0.188. The van der Waals surface area contributed by atoms with Crippen LogP contribution >= 0.6 is 0 Å². The Kier molecular flexibility index (Phi) is 3.67. The summed E-state index contributed by atoms with van der Waals surface area (Å²) in [5.74, 6) is -3.93. The third kappa shape index (κ3) is 2.36. The van der Waals surface area contributed by atoms with Crippen molar-refractivity contribution in [1.29, 1.82) is 0 Å². The van der Waals surface area contributed by atoms with Crippen LogP contribution < -0.4 is 0 Å². The van der Waals surface area contributed by atoms with E-state index >= 15 is 0 Å². The zero-order valence-corrected chi connectivity index (χ0v) is 12.8. The lowest BCUT2D eigenvalue weighted by atomic mass is 10.0. The van der Waals surface area contributed by atoms with Gasteiger partial charge in [-0.05, 0) is 23.6 Å². The van der Waals surface area contributed by atoms with E-state index in [0.717, 1.165) is 18.3 Å². The molecule has 1 aromatic carbocycles. The highest BCUT2D eigenvalue weighted by Gasteiger charge is 2.23. The zero-order chi connectivity index (χ0) is 17.6. The van der Waals surface area contributed by atoms with Crippen molar-refractivity contribution in [2.45, 2.75) is 19.8 Å². The average molecular weight is 333 g/mol. The van der Waals surface area contributed by atoms with Gasteiger partial charge in [-0.15, -0.1) is 5.10 Å². The fourth-order valence-corrected chi connectivity index (χ4v) is 2.62. The molecular formula is C16H13F2N3O3. The molecule has 3 aromatic rings. The van der Waals surface area contributed by atoms with E-state index in [1.807, 2.05) is 0 Å². The zero-order valence-electron chi connectivity index (χ0n) is 12.8. The molecule has 0 saturated heterocycles. The summed E-state index contributed by atoms with van der Waals surface area (Å²) >= 11 is 0. The number of fused-ring (bicyclic) bond motifs is 1. The second-order valence-electron chi connectivity index (χ2n) is 5.58. The number of halogens is 2. The Bertz CT molecular complexity index is 967. The van der Waals surface area contributed by atoms with Crippen LogP contribution in [0.25, 0.3) is 16.8 Å². The predicted octanol–water partition coefficient (Wildman–Crippen LogP) is 3.20. The smallest absolute Gasteiger partial charge is 0.339 e. The third-order valence-corrected chi connectivity index (χ3v) is 3.65. The molecule has 0 radical (unpaired) electrons. The minimum absolute atomic E-state index is 0.0446. The topological polar surface area (TPSA) is 87.7 Å². The van der Waals surface area contributed by atoms with Crippen LogP contribution in [0.5, 0.6) is 5.88 Å². The SMILES string of the molecule is CC(C)c1c(C(=O)O)cnc2c(-c3ccc(F)c(F)c3)c(O)nn12. The van der Waals surface area contributed by atoms with Crippen molar-refractivity contribution in [1.82, 2.24) is 14.6 Å². The number of aromatic carboxylic acids is 1. The molecule has 2 N–H and O–H groups in total. The van der Waals surface area contributed by atoms with Crippen LogP contribution in [-0.2, 0) is 0 Å². The van der Waals surface area contributed by atoms with Crippen molar-refractivity contribution in [3.05, 3.63) is 47.3 Å². The summed E-state index contributed by atoms with van der Waals surface area (Å²) in [4.78, 5) is 15.4. The van der Waals surface area contributed by atoms with Gasteiger partial charge >= 0.3 is 5.97 Å². The molecule has 2 heterocycles. The van der Waals surface area contributed by atoms with Gasteiger partial charge in [0.25, 0.3) is 0 Å². The Hall–Kier alpha value is -3.03. The van der Waals surface area contributed by atoms with Gasteiger partial charge in [-0.3, -0.25) is 0 Å². The summed E-state index contributed by atoms with van der Waals surface area (Å²) in [5, 5.41) is 23.4. The van der Waals surface area contributed by atoms with Crippen molar-refractivity contribution >= 4 is 11.6 Å². The molecule has 0 spiro atoms. The molecule has 24 heavy (non-hydrogen) atoms. The number of hydrogen-bond acceptors (Lipinski definition) is 4. The first-order valence-electron chi connectivity index (χ1n) is 7.10. The Labute approximate surface area is 135 Å². The van der Waals surface area contributed by atoms with E-state index < -0.39 is 23.5 Å². The summed E-state index contributed by atoms with van der Waals surface area (Å²) < 4.78 is 27.8. The third-order valence-electron chi connectivity index (χ3n) is 3.65. The number of nitrogens with zero attached hydrogens (tertiary/aromatic N) is 3. The van der Waals surface area contributed by atoms with Crippen LogP contribution in [0.15, 0.2) is 24.4 Å². The van der Waals surface area contributed by atoms with Gasteiger partial charge in [0.1, 0.15) is 0 Å². The molecule has 0 aliphatic rings. The van der Waals surface area contributed by atoms with E-state index in [4.69, 9.17) is 0 Å². The van der Waals surface area contributed by atoms with Crippen LogP contribution in [-0.4, -0.2) is 30.8 Å². The van der Waals surface area contributed by atoms with Gasteiger partial charge in [0.2, 0.25) is 5.88 Å². The highest BCUT2D eigenvalue weighted by molar-refractivity contribution is 5.90. The van der Waals surface area contributed by atoms with Crippen LogP contribution in [0.4, 0.5) is 8.78 Å². The maximum absolute atomic E-state index is 13.5. The summed E-state index contributed by atoms with van der Waals surface area (Å²) in [7, 11) is 0. The number of carbonyl (C=O) groups is 1. The van der Waals surface area contributed by atoms with Gasteiger partial charge in [0, 0.05) is 6.20 Å². The molecule has 0 saturated carbocycles. The Morgan fingerprint density at radius 3 is 2.54 bits per heavy atom. The average Bonchev–Trinajstić information content (AvgIpc) is 2.84.